The molecule has 0 aliphatic carbocycles. The van der Waals surface area contributed by atoms with Crippen LogP contribution in [0, 0.1) is 5.92 Å². The van der Waals surface area contributed by atoms with E-state index >= 15 is 0 Å². The highest BCUT2D eigenvalue weighted by atomic mass is 16.5. The fraction of sp³-hybridized carbons (Fsp3) is 1.00. The Balaban J connectivity index is 2.33. The van der Waals surface area contributed by atoms with E-state index in [-0.39, 0.29) is 0 Å². The van der Waals surface area contributed by atoms with Gasteiger partial charge < -0.3 is 4.74 Å². The maximum absolute atomic E-state index is 5.63. The molecular formula is C9H19NO. The smallest absolute Gasteiger partial charge is 0.0725 e. The first-order valence-electron chi connectivity index (χ1n) is 4.58. The summed E-state index contributed by atoms with van der Waals surface area (Å²) >= 11 is 0. The Labute approximate surface area is 69.5 Å². The molecule has 0 N–H and O–H groups in total. The van der Waals surface area contributed by atoms with Gasteiger partial charge in [0.1, 0.15) is 0 Å². The summed E-state index contributed by atoms with van der Waals surface area (Å²) in [5.74, 6) is 0.657. The van der Waals surface area contributed by atoms with Gasteiger partial charge in [0, 0.05) is 13.1 Å². The van der Waals surface area contributed by atoms with Crippen molar-refractivity contribution in [2.24, 2.45) is 5.92 Å². The molecule has 0 aromatic carbocycles. The first-order chi connectivity index (χ1) is 5.24. The summed E-state index contributed by atoms with van der Waals surface area (Å²) in [7, 11) is 0. The summed E-state index contributed by atoms with van der Waals surface area (Å²) in [6, 6.07) is 0. The number of morpholine rings is 1. The third-order valence-electron chi connectivity index (χ3n) is 2.37. The summed E-state index contributed by atoms with van der Waals surface area (Å²) < 4.78 is 5.63. The summed E-state index contributed by atoms with van der Waals surface area (Å²) in [4.78, 5) is 2.45. The van der Waals surface area contributed by atoms with Crippen LogP contribution >= 0.6 is 0 Å². The molecule has 0 aromatic heterocycles. The summed E-state index contributed by atoms with van der Waals surface area (Å²) in [6.45, 7) is 11.0. The lowest BCUT2D eigenvalue weighted by Gasteiger charge is -2.34. The molecule has 1 saturated heterocycles. The molecule has 0 radical (unpaired) electrons. The van der Waals surface area contributed by atoms with Gasteiger partial charge in [-0.05, 0) is 12.5 Å². The van der Waals surface area contributed by atoms with Gasteiger partial charge in [0.05, 0.1) is 12.7 Å². The Bertz CT molecular complexity index is 114. The molecule has 1 atom stereocenters. The van der Waals surface area contributed by atoms with Gasteiger partial charge in [0.25, 0.3) is 0 Å². The molecule has 1 aliphatic heterocycles. The minimum atomic E-state index is 0.462. The van der Waals surface area contributed by atoms with Crippen molar-refractivity contribution < 1.29 is 4.74 Å². The third-order valence-corrected chi connectivity index (χ3v) is 2.37. The lowest BCUT2D eigenvalue weighted by Crippen LogP contribution is -2.44. The molecule has 1 rings (SSSR count). The maximum Gasteiger partial charge on any atom is 0.0725 e. The zero-order chi connectivity index (χ0) is 8.27. The average molecular weight is 157 g/mol. The van der Waals surface area contributed by atoms with E-state index in [1.807, 2.05) is 0 Å². The van der Waals surface area contributed by atoms with E-state index in [1.165, 1.54) is 0 Å². The van der Waals surface area contributed by atoms with Crippen LogP contribution < -0.4 is 0 Å². The van der Waals surface area contributed by atoms with Crippen molar-refractivity contribution in [1.82, 2.24) is 4.90 Å². The fourth-order valence-electron chi connectivity index (χ4n) is 1.42. The molecule has 1 fully saturated rings. The standard InChI is InChI=1S/C9H19NO/c1-4-10-5-6-11-9(7-10)8(2)3/h8-9H,4-7H2,1-3H3/t9-/m1/s1. The van der Waals surface area contributed by atoms with Gasteiger partial charge in [-0.15, -0.1) is 0 Å². The second kappa shape index (κ2) is 4.07. The number of rotatable bonds is 2. The number of hydrogen-bond donors (Lipinski definition) is 0. The molecule has 2 heteroatoms. The summed E-state index contributed by atoms with van der Waals surface area (Å²) in [6.07, 6.45) is 0.462. The van der Waals surface area contributed by atoms with E-state index in [9.17, 15) is 0 Å². The zero-order valence-corrected chi connectivity index (χ0v) is 7.84. The lowest BCUT2D eigenvalue weighted by atomic mass is 10.1. The number of likely N-dealkylation sites (N-methyl/N-ethyl adjacent to an activating group) is 1. The van der Waals surface area contributed by atoms with Gasteiger partial charge in [0.15, 0.2) is 0 Å². The molecular weight excluding hydrogens is 138 g/mol. The van der Waals surface area contributed by atoms with Gasteiger partial charge in [0.2, 0.25) is 0 Å². The predicted molar refractivity (Wildman–Crippen MR) is 46.7 cm³/mol. The SMILES string of the molecule is CCN1CCO[C@@H](C(C)C)C1. The second-order valence-electron chi connectivity index (χ2n) is 3.55. The molecule has 0 unspecified atom stereocenters. The second-order valence-corrected chi connectivity index (χ2v) is 3.55. The normalized spacial score (nSPS) is 27.8. The van der Waals surface area contributed by atoms with Crippen LogP contribution in [0.1, 0.15) is 20.8 Å². The molecule has 11 heavy (non-hydrogen) atoms. The Morgan fingerprint density at radius 3 is 2.82 bits per heavy atom. The van der Waals surface area contributed by atoms with Crippen LogP contribution in [0.2, 0.25) is 0 Å². The predicted octanol–water partition coefficient (Wildman–Crippen LogP) is 1.36. The summed E-state index contributed by atoms with van der Waals surface area (Å²) in [5, 5.41) is 0. The van der Waals surface area contributed by atoms with Gasteiger partial charge in [-0.25, -0.2) is 0 Å². The average Bonchev–Trinajstić information content (AvgIpc) is 2.05. The van der Waals surface area contributed by atoms with Crippen molar-refractivity contribution in [2.75, 3.05) is 26.2 Å². The maximum atomic E-state index is 5.63. The van der Waals surface area contributed by atoms with Gasteiger partial charge >= 0.3 is 0 Å². The highest BCUT2D eigenvalue weighted by molar-refractivity contribution is 4.72. The molecule has 66 valence electrons. The quantitative estimate of drug-likeness (QED) is 0.600. The van der Waals surface area contributed by atoms with Crippen molar-refractivity contribution in [3.63, 3.8) is 0 Å². The van der Waals surface area contributed by atoms with E-state index < -0.39 is 0 Å². The molecule has 0 bridgehead atoms. The molecule has 0 spiro atoms. The van der Waals surface area contributed by atoms with Crippen LogP contribution in [0.25, 0.3) is 0 Å². The third kappa shape index (κ3) is 2.46. The lowest BCUT2D eigenvalue weighted by molar-refractivity contribution is -0.0487. The molecule has 0 aromatic rings. The van der Waals surface area contributed by atoms with E-state index in [4.69, 9.17) is 4.74 Å². The van der Waals surface area contributed by atoms with Crippen molar-refractivity contribution in [3.8, 4) is 0 Å². The molecule has 1 aliphatic rings. The molecule has 2 nitrogen and oxygen atoms in total. The Kier molecular flexibility index (Phi) is 3.34. The largest absolute Gasteiger partial charge is 0.375 e. The topological polar surface area (TPSA) is 12.5 Å². The molecule has 0 amide bonds. The monoisotopic (exact) mass is 157 g/mol. The van der Waals surface area contributed by atoms with E-state index in [2.05, 4.69) is 25.7 Å². The van der Waals surface area contributed by atoms with Crippen LogP contribution in [0.3, 0.4) is 0 Å². The highest BCUT2D eigenvalue weighted by Crippen LogP contribution is 2.12. The van der Waals surface area contributed by atoms with Crippen LogP contribution in [0.15, 0.2) is 0 Å². The number of nitrogens with zero attached hydrogens (tertiary/aromatic N) is 1. The van der Waals surface area contributed by atoms with Crippen molar-refractivity contribution in [3.05, 3.63) is 0 Å². The minimum absolute atomic E-state index is 0.462. The van der Waals surface area contributed by atoms with Gasteiger partial charge in [-0.2, -0.15) is 0 Å². The van der Waals surface area contributed by atoms with Crippen LogP contribution in [-0.2, 0) is 4.74 Å². The van der Waals surface area contributed by atoms with Crippen molar-refractivity contribution in [2.45, 2.75) is 26.9 Å². The Morgan fingerprint density at radius 2 is 2.27 bits per heavy atom. The van der Waals surface area contributed by atoms with E-state index in [1.54, 1.807) is 0 Å². The number of ether oxygens (including phenoxy) is 1. The van der Waals surface area contributed by atoms with Crippen molar-refractivity contribution >= 4 is 0 Å². The minimum Gasteiger partial charge on any atom is -0.375 e. The Morgan fingerprint density at radius 1 is 1.55 bits per heavy atom. The van der Waals surface area contributed by atoms with Crippen LogP contribution in [0.5, 0.6) is 0 Å². The van der Waals surface area contributed by atoms with E-state index in [0.29, 0.717) is 12.0 Å². The number of hydrogen-bond acceptors (Lipinski definition) is 2. The van der Waals surface area contributed by atoms with Crippen LogP contribution in [-0.4, -0.2) is 37.2 Å². The Hall–Kier alpha value is -0.0800. The van der Waals surface area contributed by atoms with Gasteiger partial charge in [-0.1, -0.05) is 20.8 Å². The van der Waals surface area contributed by atoms with Crippen molar-refractivity contribution in [1.29, 1.82) is 0 Å². The fourth-order valence-corrected chi connectivity index (χ4v) is 1.42. The van der Waals surface area contributed by atoms with Gasteiger partial charge in [-0.3, -0.25) is 4.90 Å². The molecule has 1 heterocycles. The zero-order valence-electron chi connectivity index (χ0n) is 7.84. The van der Waals surface area contributed by atoms with Crippen LogP contribution in [0.4, 0.5) is 0 Å². The van der Waals surface area contributed by atoms with E-state index in [0.717, 1.165) is 26.2 Å². The first kappa shape index (κ1) is 9.01. The summed E-state index contributed by atoms with van der Waals surface area (Å²) in [5.41, 5.74) is 0. The highest BCUT2D eigenvalue weighted by Gasteiger charge is 2.21. The first-order valence-corrected chi connectivity index (χ1v) is 4.58. The molecule has 0 saturated carbocycles.